The summed E-state index contributed by atoms with van der Waals surface area (Å²) in [6.07, 6.45) is 0. The molecule has 1 atom stereocenters. The van der Waals surface area contributed by atoms with Crippen LogP contribution in [-0.4, -0.2) is 59.2 Å². The first kappa shape index (κ1) is 32.8. The number of hydrogen-bond acceptors (Lipinski definition) is 6. The summed E-state index contributed by atoms with van der Waals surface area (Å²) in [6.45, 7) is 3.52. The Hall–Kier alpha value is -2.55. The molecule has 1 saturated heterocycles. The molecule has 44 heavy (non-hydrogen) atoms. The lowest BCUT2D eigenvalue weighted by Gasteiger charge is -2.35. The minimum Gasteiger partial charge on any atom is -0.460 e. The summed E-state index contributed by atoms with van der Waals surface area (Å²) >= 11 is 8.99. The van der Waals surface area contributed by atoms with Crippen molar-refractivity contribution in [1.29, 1.82) is 0 Å². The molecule has 14 heteroatoms. The van der Waals surface area contributed by atoms with Crippen LogP contribution in [0.1, 0.15) is 26.4 Å². The van der Waals surface area contributed by atoms with E-state index in [0.717, 1.165) is 12.5 Å². The smallest absolute Gasteiger partial charge is 0.338 e. The van der Waals surface area contributed by atoms with Crippen molar-refractivity contribution in [3.05, 3.63) is 102 Å². The number of esters is 1. The van der Waals surface area contributed by atoms with Gasteiger partial charge < -0.3 is 19.9 Å². The van der Waals surface area contributed by atoms with Crippen LogP contribution in [0.5, 0.6) is 0 Å². The number of anilines is 2. The van der Waals surface area contributed by atoms with E-state index in [1.807, 2.05) is 28.9 Å². The van der Waals surface area contributed by atoms with Gasteiger partial charge in [0.25, 0.3) is 13.4 Å². The second-order valence-corrected chi connectivity index (χ2v) is 15.3. The Bertz CT molecular complexity index is 1680. The van der Waals surface area contributed by atoms with Gasteiger partial charge in [-0.1, -0.05) is 31.9 Å². The zero-order valence-corrected chi connectivity index (χ0v) is 29.9. The molecule has 1 aliphatic rings. The van der Waals surface area contributed by atoms with E-state index in [1.54, 1.807) is 60.1 Å². The Morgan fingerprint density at radius 1 is 0.955 bits per heavy atom. The molecule has 1 fully saturated rings. The monoisotopic (exact) mass is 855 g/mol. The molecule has 10 nitrogen and oxygen atoms in total. The fourth-order valence-corrected chi connectivity index (χ4v) is 8.29. The van der Waals surface area contributed by atoms with Gasteiger partial charge in [-0.2, -0.15) is 5.10 Å². The van der Waals surface area contributed by atoms with Crippen LogP contribution in [-0.2, 0) is 20.6 Å². The molecule has 0 bridgehead atoms. The third-order valence-electron chi connectivity index (χ3n) is 6.86. The van der Waals surface area contributed by atoms with Crippen LogP contribution in [0.15, 0.2) is 81.7 Å². The number of rotatable bonds is 10. The van der Waals surface area contributed by atoms with Gasteiger partial charge in [-0.3, -0.25) is 9.36 Å². The standard InChI is InChI=1S/C30H29Br2IN5O5P/c1-20-27(44(41,37-14-17-42-18-15-37)36-26-12-10-25(33)11-13-26)28(34-29(39)21-2-6-23(31)7-3-21)38(35-20)16-19-43-30(40)22-4-8-24(32)9-5-22/h2-13H,14-19H2,1H3,(H,34,39)(H,36,41)/t44-/m1/s1. The Morgan fingerprint density at radius 3 is 2.16 bits per heavy atom. The van der Waals surface area contributed by atoms with Crippen LogP contribution in [0.25, 0.3) is 0 Å². The van der Waals surface area contributed by atoms with Crippen LogP contribution < -0.4 is 15.7 Å². The lowest BCUT2D eigenvalue weighted by atomic mass is 10.2. The van der Waals surface area contributed by atoms with Gasteiger partial charge >= 0.3 is 5.97 Å². The van der Waals surface area contributed by atoms with E-state index in [9.17, 15) is 9.59 Å². The van der Waals surface area contributed by atoms with Crippen molar-refractivity contribution in [2.75, 3.05) is 43.3 Å². The molecule has 5 rings (SSSR count). The van der Waals surface area contributed by atoms with Crippen LogP contribution in [0.3, 0.4) is 0 Å². The number of carbonyl (C=O) groups is 2. The van der Waals surface area contributed by atoms with Crippen molar-refractivity contribution in [2.24, 2.45) is 0 Å². The van der Waals surface area contributed by atoms with E-state index in [1.165, 1.54) is 0 Å². The summed E-state index contributed by atoms with van der Waals surface area (Å²) in [7, 11) is -3.61. The van der Waals surface area contributed by atoms with Crippen molar-refractivity contribution in [3.63, 3.8) is 0 Å². The molecular formula is C30H29Br2IN5O5P. The van der Waals surface area contributed by atoms with Crippen LogP contribution in [0.4, 0.5) is 11.5 Å². The Morgan fingerprint density at radius 2 is 1.55 bits per heavy atom. The molecule has 0 saturated carbocycles. The van der Waals surface area contributed by atoms with Gasteiger partial charge in [-0.05, 0) is 102 Å². The molecule has 0 radical (unpaired) electrons. The number of nitrogens with one attached hydrogen (secondary N) is 2. The molecule has 1 aliphatic heterocycles. The predicted octanol–water partition coefficient (Wildman–Crippen LogP) is 6.69. The third-order valence-corrected chi connectivity index (χ3v) is 11.5. The van der Waals surface area contributed by atoms with Gasteiger partial charge in [0.2, 0.25) is 0 Å². The van der Waals surface area contributed by atoms with E-state index in [-0.39, 0.29) is 19.0 Å². The molecule has 0 unspecified atom stereocenters. The van der Waals surface area contributed by atoms with E-state index in [4.69, 9.17) is 14.6 Å². The molecule has 2 heterocycles. The number of carbonyl (C=O) groups excluding carboxylic acids is 2. The SMILES string of the molecule is Cc1nn(CCOC(=O)c2ccc(Br)cc2)c(NC(=O)c2ccc(Br)cc2)c1[P@@](=O)(Nc1ccc(I)cc1)N1CCOCC1. The summed E-state index contributed by atoms with van der Waals surface area (Å²) in [5.74, 6) is -0.612. The summed E-state index contributed by atoms with van der Waals surface area (Å²) in [5.41, 5.74) is 1.97. The molecule has 3 aromatic carbocycles. The lowest BCUT2D eigenvalue weighted by Crippen LogP contribution is -2.40. The number of nitrogens with zero attached hydrogens (tertiary/aromatic N) is 3. The minimum atomic E-state index is -3.61. The van der Waals surface area contributed by atoms with Crippen molar-refractivity contribution in [3.8, 4) is 0 Å². The number of amides is 1. The Labute approximate surface area is 285 Å². The molecule has 1 amide bonds. The molecule has 0 aliphatic carbocycles. The van der Waals surface area contributed by atoms with Gasteiger partial charge in [0.15, 0.2) is 0 Å². The second-order valence-electron chi connectivity index (χ2n) is 9.87. The zero-order chi connectivity index (χ0) is 31.3. The highest BCUT2D eigenvalue weighted by atomic mass is 127. The summed E-state index contributed by atoms with van der Waals surface area (Å²) < 4.78 is 32.5. The fraction of sp³-hybridized carbons (Fsp3) is 0.233. The first-order chi connectivity index (χ1) is 21.1. The first-order valence-corrected chi connectivity index (χ1v) is 18.0. The third kappa shape index (κ3) is 7.80. The molecule has 1 aromatic heterocycles. The minimum absolute atomic E-state index is 0.0248. The molecule has 4 aromatic rings. The second kappa shape index (κ2) is 14.7. The van der Waals surface area contributed by atoms with Gasteiger partial charge in [-0.25, -0.2) is 14.1 Å². The van der Waals surface area contributed by atoms with Crippen LogP contribution in [0.2, 0.25) is 0 Å². The normalized spacial score (nSPS) is 14.9. The largest absolute Gasteiger partial charge is 0.460 e. The highest BCUT2D eigenvalue weighted by molar-refractivity contribution is 14.1. The van der Waals surface area contributed by atoms with Crippen molar-refractivity contribution in [2.45, 2.75) is 13.5 Å². The number of hydrogen-bond donors (Lipinski definition) is 2. The maximum absolute atomic E-state index is 15.3. The topological polar surface area (TPSA) is 115 Å². The number of ether oxygens (including phenoxy) is 2. The van der Waals surface area contributed by atoms with Crippen LogP contribution >= 0.6 is 61.9 Å². The zero-order valence-electron chi connectivity index (χ0n) is 23.6. The van der Waals surface area contributed by atoms with Gasteiger partial charge in [0.05, 0.1) is 31.0 Å². The quantitative estimate of drug-likeness (QED) is 0.103. The average Bonchev–Trinajstić information content (AvgIpc) is 3.33. The molecule has 230 valence electrons. The number of halogens is 3. The summed E-state index contributed by atoms with van der Waals surface area (Å²) in [5, 5.41) is 11.4. The van der Waals surface area contributed by atoms with Gasteiger partial charge in [0, 0.05) is 36.9 Å². The number of benzene rings is 3. The summed E-state index contributed by atoms with van der Waals surface area (Å²) in [4.78, 5) is 26.2. The van der Waals surface area contributed by atoms with Gasteiger partial charge in [0.1, 0.15) is 17.7 Å². The maximum Gasteiger partial charge on any atom is 0.338 e. The van der Waals surface area contributed by atoms with Crippen LogP contribution in [0, 0.1) is 10.5 Å². The Balaban J connectivity index is 1.51. The Kier molecular flexibility index (Phi) is 11.0. The first-order valence-electron chi connectivity index (χ1n) is 13.7. The summed E-state index contributed by atoms with van der Waals surface area (Å²) in [6, 6.07) is 21.4. The van der Waals surface area contributed by atoms with Crippen molar-refractivity contribution >= 4 is 90.6 Å². The highest BCUT2D eigenvalue weighted by Gasteiger charge is 2.40. The molecule has 2 N–H and O–H groups in total. The van der Waals surface area contributed by atoms with E-state index >= 15 is 4.57 Å². The number of morpholine rings is 1. The fourth-order valence-electron chi connectivity index (χ4n) is 4.70. The number of aryl methyl sites for hydroxylation is 1. The van der Waals surface area contributed by atoms with Gasteiger partial charge in [-0.15, -0.1) is 0 Å². The predicted molar refractivity (Wildman–Crippen MR) is 186 cm³/mol. The highest BCUT2D eigenvalue weighted by Crippen LogP contribution is 2.51. The molecule has 0 spiro atoms. The van der Waals surface area contributed by atoms with E-state index in [2.05, 4.69) is 64.9 Å². The number of aromatic nitrogens is 2. The van der Waals surface area contributed by atoms with Crippen molar-refractivity contribution < 1.29 is 23.6 Å². The van der Waals surface area contributed by atoms with Crippen molar-refractivity contribution in [1.82, 2.24) is 14.5 Å². The van der Waals surface area contributed by atoms with E-state index in [0.29, 0.717) is 54.1 Å². The maximum atomic E-state index is 15.3. The van der Waals surface area contributed by atoms with E-state index < -0.39 is 19.3 Å². The average molecular weight is 857 g/mol. The molecular weight excluding hydrogens is 828 g/mol. The lowest BCUT2D eigenvalue weighted by molar-refractivity contribution is 0.0488.